The molecule has 2 aromatic heterocycles. The highest BCUT2D eigenvalue weighted by atomic mass is 35.5. The van der Waals surface area contributed by atoms with E-state index in [0.717, 1.165) is 11.3 Å². The number of halogens is 1. The number of nitrogens with zero attached hydrogens (tertiary/aromatic N) is 3. The van der Waals surface area contributed by atoms with E-state index >= 15 is 0 Å². The summed E-state index contributed by atoms with van der Waals surface area (Å²) in [6.45, 7) is -0.241. The second-order valence-electron chi connectivity index (χ2n) is 7.84. The van der Waals surface area contributed by atoms with Crippen LogP contribution in [0.1, 0.15) is 5.76 Å². The summed E-state index contributed by atoms with van der Waals surface area (Å²) in [5.74, 6) is 0.787. The fourth-order valence-electron chi connectivity index (χ4n) is 3.54. The molecule has 0 aliphatic heterocycles. The molecule has 0 bridgehead atoms. The third kappa shape index (κ3) is 6.12. The Balaban J connectivity index is 1.61. The van der Waals surface area contributed by atoms with Gasteiger partial charge in [0.05, 0.1) is 25.6 Å². The largest absolute Gasteiger partial charge is 0.497 e. The van der Waals surface area contributed by atoms with Gasteiger partial charge >= 0.3 is 0 Å². The number of carbonyl (C=O) groups is 2. The van der Waals surface area contributed by atoms with E-state index in [1.54, 1.807) is 35.9 Å². The summed E-state index contributed by atoms with van der Waals surface area (Å²) >= 11 is 6.03. The molecule has 0 unspecified atom stereocenters. The number of benzene rings is 2. The summed E-state index contributed by atoms with van der Waals surface area (Å²) in [5.41, 5.74) is 2.24. The number of aromatic nitrogens is 2. The van der Waals surface area contributed by atoms with Crippen molar-refractivity contribution in [2.45, 2.75) is 6.54 Å². The van der Waals surface area contributed by atoms with Gasteiger partial charge in [-0.1, -0.05) is 23.7 Å². The van der Waals surface area contributed by atoms with E-state index in [-0.39, 0.29) is 25.6 Å². The van der Waals surface area contributed by atoms with Gasteiger partial charge in [-0.15, -0.1) is 0 Å². The first-order valence-corrected chi connectivity index (χ1v) is 11.4. The van der Waals surface area contributed by atoms with Gasteiger partial charge in [0.15, 0.2) is 0 Å². The Morgan fingerprint density at radius 1 is 1.08 bits per heavy atom. The highest BCUT2D eigenvalue weighted by Gasteiger charge is 2.21. The molecule has 186 valence electrons. The first-order valence-electron chi connectivity index (χ1n) is 11.1. The summed E-state index contributed by atoms with van der Waals surface area (Å²) in [5, 5.41) is 3.45. The molecule has 0 aliphatic carbocycles. The molecule has 0 saturated heterocycles. The van der Waals surface area contributed by atoms with Gasteiger partial charge in [-0.2, -0.15) is 0 Å². The molecule has 0 saturated carbocycles. The topological polar surface area (TPSA) is 98.8 Å². The van der Waals surface area contributed by atoms with Crippen LogP contribution in [0.4, 0.5) is 5.95 Å². The molecule has 4 aromatic rings. The number of amides is 2. The summed E-state index contributed by atoms with van der Waals surface area (Å²) in [7, 11) is 3.02. The fourth-order valence-corrected chi connectivity index (χ4v) is 3.67. The maximum absolute atomic E-state index is 13.1. The summed E-state index contributed by atoms with van der Waals surface area (Å²) in [6, 6.07) is 18.0. The number of carbonyl (C=O) groups excluding carboxylic acids is 2. The van der Waals surface area contributed by atoms with Crippen molar-refractivity contribution in [2.24, 2.45) is 0 Å². The van der Waals surface area contributed by atoms with Crippen LogP contribution in [0.25, 0.3) is 16.9 Å². The minimum atomic E-state index is -0.422. The lowest BCUT2D eigenvalue weighted by atomic mass is 10.2. The number of ether oxygens (including phenoxy) is 2. The second-order valence-corrected chi connectivity index (χ2v) is 8.27. The maximum atomic E-state index is 13.1. The number of rotatable bonds is 10. The third-order valence-electron chi connectivity index (χ3n) is 5.33. The first kappa shape index (κ1) is 25.0. The Labute approximate surface area is 213 Å². The quantitative estimate of drug-likeness (QED) is 0.341. The van der Waals surface area contributed by atoms with Crippen LogP contribution in [0.2, 0.25) is 5.02 Å². The maximum Gasteiger partial charge on any atom is 0.249 e. The smallest absolute Gasteiger partial charge is 0.249 e. The molecule has 0 atom stereocenters. The molecular weight excluding hydrogens is 484 g/mol. The van der Waals surface area contributed by atoms with Gasteiger partial charge in [0, 0.05) is 29.6 Å². The van der Waals surface area contributed by atoms with Gasteiger partial charge in [-0.05, 0) is 48.5 Å². The van der Waals surface area contributed by atoms with Crippen molar-refractivity contribution >= 4 is 29.4 Å². The van der Waals surface area contributed by atoms with E-state index in [4.69, 9.17) is 25.5 Å². The van der Waals surface area contributed by atoms with Gasteiger partial charge in [-0.3, -0.25) is 19.5 Å². The van der Waals surface area contributed by atoms with Crippen molar-refractivity contribution in [3.63, 3.8) is 0 Å². The predicted octanol–water partition coefficient (Wildman–Crippen LogP) is 4.41. The Kier molecular flexibility index (Phi) is 8.04. The van der Waals surface area contributed by atoms with Gasteiger partial charge in [0.2, 0.25) is 17.8 Å². The van der Waals surface area contributed by atoms with Crippen LogP contribution in [0, 0.1) is 0 Å². The van der Waals surface area contributed by atoms with Crippen LogP contribution in [-0.4, -0.2) is 53.6 Å². The number of hydrogen-bond donors (Lipinski definition) is 1. The van der Waals surface area contributed by atoms with Crippen LogP contribution in [-0.2, 0) is 20.9 Å². The monoisotopic (exact) mass is 508 g/mol. The molecule has 10 heteroatoms. The average Bonchev–Trinajstić information content (AvgIpc) is 3.54. The van der Waals surface area contributed by atoms with E-state index in [1.807, 2.05) is 42.6 Å². The molecule has 2 aromatic carbocycles. The molecule has 0 aliphatic rings. The molecule has 2 amide bonds. The van der Waals surface area contributed by atoms with Gasteiger partial charge in [0.25, 0.3) is 0 Å². The summed E-state index contributed by atoms with van der Waals surface area (Å²) < 4.78 is 17.3. The van der Waals surface area contributed by atoms with E-state index in [2.05, 4.69) is 10.3 Å². The van der Waals surface area contributed by atoms with Crippen LogP contribution < -0.4 is 10.1 Å². The van der Waals surface area contributed by atoms with Crippen molar-refractivity contribution in [3.05, 3.63) is 83.9 Å². The number of imidazole rings is 1. The van der Waals surface area contributed by atoms with E-state index in [9.17, 15) is 9.59 Å². The minimum absolute atomic E-state index is 0.131. The van der Waals surface area contributed by atoms with E-state index < -0.39 is 5.91 Å². The molecule has 36 heavy (non-hydrogen) atoms. The highest BCUT2D eigenvalue weighted by Crippen LogP contribution is 2.26. The zero-order valence-electron chi connectivity index (χ0n) is 19.8. The van der Waals surface area contributed by atoms with Crippen LogP contribution in [0.3, 0.4) is 0 Å². The molecule has 0 fully saturated rings. The van der Waals surface area contributed by atoms with Gasteiger partial charge in [-0.25, -0.2) is 4.98 Å². The number of anilines is 1. The molecule has 4 rings (SSSR count). The molecular formula is C26H25ClN4O5. The van der Waals surface area contributed by atoms with Crippen molar-refractivity contribution in [1.82, 2.24) is 14.5 Å². The van der Waals surface area contributed by atoms with E-state index in [0.29, 0.717) is 28.2 Å². The SMILES string of the molecule is COCC(=O)N(CC(=O)Nc1nc(-c2ccc(Cl)cc2)cn1-c1ccc(OC)cc1)Cc1ccco1. The first-order chi connectivity index (χ1) is 17.5. The Hall–Kier alpha value is -4.08. The minimum Gasteiger partial charge on any atom is -0.497 e. The highest BCUT2D eigenvalue weighted by molar-refractivity contribution is 6.30. The van der Waals surface area contributed by atoms with Crippen LogP contribution >= 0.6 is 11.6 Å². The van der Waals surface area contributed by atoms with Crippen molar-refractivity contribution < 1.29 is 23.5 Å². The number of hydrogen-bond acceptors (Lipinski definition) is 6. The van der Waals surface area contributed by atoms with Crippen molar-refractivity contribution in [3.8, 4) is 22.7 Å². The summed E-state index contributed by atoms with van der Waals surface area (Å²) in [4.78, 5) is 31.6. The van der Waals surface area contributed by atoms with Gasteiger partial charge in [0.1, 0.15) is 24.7 Å². The van der Waals surface area contributed by atoms with E-state index in [1.165, 1.54) is 18.3 Å². The van der Waals surface area contributed by atoms with Crippen LogP contribution in [0.5, 0.6) is 5.75 Å². The number of methoxy groups -OCH3 is 2. The fraction of sp³-hybridized carbons (Fsp3) is 0.192. The molecule has 1 N–H and O–H groups in total. The Bertz CT molecular complexity index is 1300. The number of furan rings is 1. The second kappa shape index (κ2) is 11.6. The zero-order chi connectivity index (χ0) is 25.5. The zero-order valence-corrected chi connectivity index (χ0v) is 20.6. The predicted molar refractivity (Wildman–Crippen MR) is 135 cm³/mol. The third-order valence-corrected chi connectivity index (χ3v) is 5.58. The molecule has 0 spiro atoms. The normalized spacial score (nSPS) is 10.8. The average molecular weight is 509 g/mol. The lowest BCUT2D eigenvalue weighted by Gasteiger charge is -2.21. The lowest BCUT2D eigenvalue weighted by Crippen LogP contribution is -2.39. The van der Waals surface area contributed by atoms with Crippen molar-refractivity contribution in [1.29, 1.82) is 0 Å². The molecule has 2 heterocycles. The van der Waals surface area contributed by atoms with Gasteiger partial charge < -0.3 is 18.8 Å². The lowest BCUT2D eigenvalue weighted by molar-refractivity contribution is -0.138. The number of nitrogens with one attached hydrogen (secondary N) is 1. The van der Waals surface area contributed by atoms with Crippen LogP contribution in [0.15, 0.2) is 77.5 Å². The van der Waals surface area contributed by atoms with Crippen molar-refractivity contribution in [2.75, 3.05) is 32.7 Å². The summed E-state index contributed by atoms with van der Waals surface area (Å²) in [6.07, 6.45) is 3.33. The molecule has 9 nitrogen and oxygen atoms in total. The standard InChI is InChI=1S/C26H25ClN4O5/c1-34-17-25(33)30(14-22-4-3-13-36-22)16-24(32)29-26-28-23(18-5-7-19(27)8-6-18)15-31(26)20-9-11-21(35-2)12-10-20/h3-13,15H,14,16-17H2,1-2H3,(H,28,29,32). The molecule has 0 radical (unpaired) electrons. The Morgan fingerprint density at radius 2 is 1.83 bits per heavy atom. The Morgan fingerprint density at radius 3 is 2.47 bits per heavy atom.